The Morgan fingerprint density at radius 2 is 2.16 bits per heavy atom. The van der Waals surface area contributed by atoms with Crippen LogP contribution in [0.5, 0.6) is 0 Å². The maximum absolute atomic E-state index is 10.6. The van der Waals surface area contributed by atoms with Gasteiger partial charge in [-0.1, -0.05) is 6.92 Å². The third-order valence-electron chi connectivity index (χ3n) is 5.01. The average molecular weight is 265 g/mol. The second-order valence-electron chi connectivity index (χ2n) is 6.41. The van der Waals surface area contributed by atoms with Gasteiger partial charge in [0.25, 0.3) is 0 Å². The van der Waals surface area contributed by atoms with Crippen LogP contribution in [-0.4, -0.2) is 33.0 Å². The average Bonchev–Trinajstić information content (AvgIpc) is 2.88. The Morgan fingerprint density at radius 3 is 2.84 bits per heavy atom. The smallest absolute Gasteiger partial charge is 0.136 e. The molecule has 0 amide bonds. The first kappa shape index (κ1) is 13.2. The van der Waals surface area contributed by atoms with Gasteiger partial charge in [-0.15, -0.1) is 0 Å². The molecule has 1 aromatic rings. The molecular formula is C15H23NO3. The van der Waals surface area contributed by atoms with Gasteiger partial charge in [0, 0.05) is 17.6 Å². The van der Waals surface area contributed by atoms with Gasteiger partial charge in [-0.3, -0.25) is 4.90 Å². The van der Waals surface area contributed by atoms with Crippen LogP contribution < -0.4 is 0 Å². The molecule has 0 radical (unpaired) electrons. The molecule has 1 aromatic heterocycles. The molecule has 106 valence electrons. The Morgan fingerprint density at radius 1 is 1.37 bits per heavy atom. The first-order valence-electron chi connectivity index (χ1n) is 7.20. The minimum Gasteiger partial charge on any atom is -0.472 e. The van der Waals surface area contributed by atoms with Crippen LogP contribution in [0.25, 0.3) is 0 Å². The second kappa shape index (κ2) is 4.62. The Balaban J connectivity index is 1.94. The van der Waals surface area contributed by atoms with E-state index < -0.39 is 11.8 Å². The van der Waals surface area contributed by atoms with Gasteiger partial charge in [0.2, 0.25) is 0 Å². The van der Waals surface area contributed by atoms with Crippen molar-refractivity contribution in [2.45, 2.75) is 63.4 Å². The lowest BCUT2D eigenvalue weighted by atomic mass is 9.76. The van der Waals surface area contributed by atoms with Crippen LogP contribution in [0.3, 0.4) is 0 Å². The lowest BCUT2D eigenvalue weighted by Gasteiger charge is -2.54. The van der Waals surface area contributed by atoms with E-state index >= 15 is 0 Å². The number of nitrogens with zero attached hydrogens (tertiary/aromatic N) is 1. The van der Waals surface area contributed by atoms with E-state index in [0.29, 0.717) is 18.4 Å². The van der Waals surface area contributed by atoms with Crippen molar-refractivity contribution in [3.8, 4) is 0 Å². The van der Waals surface area contributed by atoms with E-state index in [0.717, 1.165) is 24.8 Å². The molecule has 3 rings (SSSR count). The molecule has 0 bridgehead atoms. The van der Waals surface area contributed by atoms with Crippen LogP contribution in [-0.2, 0) is 0 Å². The van der Waals surface area contributed by atoms with Crippen LogP contribution in [0.1, 0.15) is 51.1 Å². The molecule has 0 aromatic carbocycles. The zero-order valence-corrected chi connectivity index (χ0v) is 11.6. The number of aliphatic hydroxyl groups excluding tert-OH is 1. The van der Waals surface area contributed by atoms with Gasteiger partial charge in [-0.2, -0.15) is 0 Å². The van der Waals surface area contributed by atoms with Crippen molar-refractivity contribution in [2.24, 2.45) is 5.92 Å². The normalized spacial score (nSPS) is 44.0. The molecule has 5 atom stereocenters. The summed E-state index contributed by atoms with van der Waals surface area (Å²) < 4.78 is 5.19. The fourth-order valence-corrected chi connectivity index (χ4v) is 3.77. The molecule has 0 aliphatic carbocycles. The largest absolute Gasteiger partial charge is 0.472 e. The van der Waals surface area contributed by atoms with Gasteiger partial charge in [0.05, 0.1) is 12.5 Å². The number of rotatable bonds is 1. The second-order valence-corrected chi connectivity index (χ2v) is 6.41. The summed E-state index contributed by atoms with van der Waals surface area (Å²) in [5.41, 5.74) is 0.0869. The number of hydrogen-bond donors (Lipinski definition) is 2. The minimum atomic E-state index is -1.02. The molecule has 2 aliphatic heterocycles. The SMILES string of the molecule is C[C@@H]1CC[C@@H](c2ccoc2)N2[C@H]1CC[C@@](C)(O)[C@H]2O. The molecular weight excluding hydrogens is 242 g/mol. The quantitative estimate of drug-likeness (QED) is 0.818. The van der Waals surface area contributed by atoms with E-state index in [1.807, 2.05) is 6.07 Å². The van der Waals surface area contributed by atoms with Crippen molar-refractivity contribution in [3.63, 3.8) is 0 Å². The van der Waals surface area contributed by atoms with Gasteiger partial charge in [-0.25, -0.2) is 0 Å². The lowest BCUT2D eigenvalue weighted by Crippen LogP contribution is -2.62. The molecule has 2 aliphatic rings. The molecule has 0 unspecified atom stereocenters. The highest BCUT2D eigenvalue weighted by Crippen LogP contribution is 2.45. The van der Waals surface area contributed by atoms with E-state index in [1.165, 1.54) is 0 Å². The molecule has 3 heterocycles. The summed E-state index contributed by atoms with van der Waals surface area (Å²) in [6, 6.07) is 2.47. The van der Waals surface area contributed by atoms with Gasteiger partial charge >= 0.3 is 0 Å². The third-order valence-corrected chi connectivity index (χ3v) is 5.01. The number of fused-ring (bicyclic) bond motifs is 1. The van der Waals surface area contributed by atoms with Gasteiger partial charge in [0.1, 0.15) is 11.8 Å². The van der Waals surface area contributed by atoms with Crippen molar-refractivity contribution < 1.29 is 14.6 Å². The topological polar surface area (TPSA) is 56.8 Å². The maximum atomic E-state index is 10.6. The van der Waals surface area contributed by atoms with Crippen molar-refractivity contribution in [3.05, 3.63) is 24.2 Å². The van der Waals surface area contributed by atoms with Gasteiger partial charge < -0.3 is 14.6 Å². The number of hydrogen-bond acceptors (Lipinski definition) is 4. The minimum absolute atomic E-state index is 0.154. The highest BCUT2D eigenvalue weighted by atomic mass is 16.4. The van der Waals surface area contributed by atoms with Crippen molar-refractivity contribution >= 4 is 0 Å². The third kappa shape index (κ3) is 2.12. The predicted octanol–water partition coefficient (Wildman–Crippen LogP) is 2.28. The van der Waals surface area contributed by atoms with Crippen LogP contribution in [0, 0.1) is 5.92 Å². The molecule has 4 nitrogen and oxygen atoms in total. The number of furan rings is 1. The Bertz CT molecular complexity index is 427. The van der Waals surface area contributed by atoms with Gasteiger partial charge in [0.15, 0.2) is 0 Å². The van der Waals surface area contributed by atoms with E-state index in [1.54, 1.807) is 19.5 Å². The number of piperidine rings is 2. The Kier molecular flexibility index (Phi) is 3.20. The monoisotopic (exact) mass is 265 g/mol. The van der Waals surface area contributed by atoms with Crippen LogP contribution in [0.2, 0.25) is 0 Å². The summed E-state index contributed by atoms with van der Waals surface area (Å²) in [5, 5.41) is 20.9. The summed E-state index contributed by atoms with van der Waals surface area (Å²) in [6.45, 7) is 3.98. The molecule has 19 heavy (non-hydrogen) atoms. The van der Waals surface area contributed by atoms with Crippen LogP contribution in [0.15, 0.2) is 23.0 Å². The summed E-state index contributed by atoms with van der Waals surface area (Å²) in [7, 11) is 0. The zero-order valence-electron chi connectivity index (χ0n) is 11.6. The van der Waals surface area contributed by atoms with Gasteiger partial charge in [-0.05, 0) is 44.6 Å². The Hall–Kier alpha value is -0.840. The summed E-state index contributed by atoms with van der Waals surface area (Å²) in [5.74, 6) is 0.564. The summed E-state index contributed by atoms with van der Waals surface area (Å²) >= 11 is 0. The molecule has 0 spiro atoms. The van der Waals surface area contributed by atoms with E-state index in [-0.39, 0.29) is 6.04 Å². The van der Waals surface area contributed by atoms with E-state index in [9.17, 15) is 10.2 Å². The molecule has 0 saturated carbocycles. The maximum Gasteiger partial charge on any atom is 0.136 e. The molecule has 2 N–H and O–H groups in total. The zero-order chi connectivity index (χ0) is 13.6. The van der Waals surface area contributed by atoms with E-state index in [4.69, 9.17) is 4.42 Å². The fraction of sp³-hybridized carbons (Fsp3) is 0.733. The highest BCUT2D eigenvalue weighted by molar-refractivity contribution is 5.15. The standard InChI is InChI=1S/C15H23NO3/c1-10-3-4-13(11-6-8-19-9-11)16-12(10)5-7-15(2,18)14(16)17/h6,8-10,12-14,17-18H,3-5,7H2,1-2H3/t10-,12+,13+,14-,15-/m1/s1. The summed E-state index contributed by atoms with van der Waals surface area (Å²) in [4.78, 5) is 2.11. The molecule has 2 saturated heterocycles. The molecule has 2 fully saturated rings. The number of aliphatic hydroxyl groups is 2. The van der Waals surface area contributed by atoms with E-state index in [2.05, 4.69) is 11.8 Å². The van der Waals surface area contributed by atoms with Crippen molar-refractivity contribution in [2.75, 3.05) is 0 Å². The first-order chi connectivity index (χ1) is 9.00. The molecule has 4 heteroatoms. The highest BCUT2D eigenvalue weighted by Gasteiger charge is 2.49. The van der Waals surface area contributed by atoms with Crippen molar-refractivity contribution in [1.82, 2.24) is 4.90 Å². The van der Waals surface area contributed by atoms with Crippen LogP contribution >= 0.6 is 0 Å². The predicted molar refractivity (Wildman–Crippen MR) is 71.3 cm³/mol. The fourth-order valence-electron chi connectivity index (χ4n) is 3.77. The lowest BCUT2D eigenvalue weighted by molar-refractivity contribution is -0.213. The van der Waals surface area contributed by atoms with Crippen molar-refractivity contribution in [1.29, 1.82) is 0 Å². The first-order valence-corrected chi connectivity index (χ1v) is 7.20. The van der Waals surface area contributed by atoms with Crippen LogP contribution in [0.4, 0.5) is 0 Å². The summed E-state index contributed by atoms with van der Waals surface area (Å²) in [6.07, 6.45) is 6.41. The Labute approximate surface area is 114 Å².